The van der Waals surface area contributed by atoms with Crippen molar-refractivity contribution >= 4 is 11.6 Å². The number of rotatable bonds is 2. The molecule has 0 aromatic heterocycles. The van der Waals surface area contributed by atoms with Gasteiger partial charge in [-0.3, -0.25) is 4.79 Å². The maximum atomic E-state index is 12.8. The molecule has 0 saturated heterocycles. The van der Waals surface area contributed by atoms with E-state index in [1.54, 1.807) is 30.3 Å². The summed E-state index contributed by atoms with van der Waals surface area (Å²) in [7, 11) is 0. The minimum Gasteiger partial charge on any atom is -0.398 e. The van der Waals surface area contributed by atoms with Crippen LogP contribution in [0.1, 0.15) is 10.4 Å². The minimum absolute atomic E-state index is 0.263. The Morgan fingerprint density at radius 1 is 1.06 bits per heavy atom. The van der Waals surface area contributed by atoms with Crippen LogP contribution in [-0.2, 0) is 0 Å². The zero-order valence-electron chi connectivity index (χ0n) is 8.98. The number of hydrogen-bond donors (Lipinski definition) is 2. The van der Waals surface area contributed by atoms with Crippen LogP contribution in [-0.4, -0.2) is 5.91 Å². The number of nitrogen functional groups attached to an aromatic ring is 1. The summed E-state index contributed by atoms with van der Waals surface area (Å²) in [4.78, 5) is 11.4. The van der Waals surface area contributed by atoms with Crippen LogP contribution in [0, 0.1) is 5.82 Å². The highest BCUT2D eigenvalue weighted by atomic mass is 19.1. The van der Waals surface area contributed by atoms with Gasteiger partial charge in [-0.15, -0.1) is 0 Å². The molecule has 0 aliphatic heterocycles. The van der Waals surface area contributed by atoms with Crippen molar-refractivity contribution in [2.24, 2.45) is 5.73 Å². The van der Waals surface area contributed by atoms with Gasteiger partial charge in [-0.25, -0.2) is 4.39 Å². The molecule has 3 nitrogen and oxygen atoms in total. The van der Waals surface area contributed by atoms with E-state index in [1.165, 1.54) is 12.1 Å². The first-order valence-electron chi connectivity index (χ1n) is 5.04. The van der Waals surface area contributed by atoms with Crippen molar-refractivity contribution in [2.45, 2.75) is 0 Å². The third-order valence-electron chi connectivity index (χ3n) is 2.50. The van der Waals surface area contributed by atoms with E-state index < -0.39 is 5.91 Å². The molecule has 0 atom stereocenters. The van der Waals surface area contributed by atoms with Crippen LogP contribution in [0.15, 0.2) is 42.5 Å². The van der Waals surface area contributed by atoms with Gasteiger partial charge in [0.15, 0.2) is 0 Å². The summed E-state index contributed by atoms with van der Waals surface area (Å²) >= 11 is 0. The van der Waals surface area contributed by atoms with E-state index in [0.29, 0.717) is 16.8 Å². The second-order valence-electron chi connectivity index (χ2n) is 3.64. The number of carbonyl (C=O) groups excluding carboxylic acids is 1. The van der Waals surface area contributed by atoms with E-state index >= 15 is 0 Å². The molecule has 2 aromatic rings. The van der Waals surface area contributed by atoms with Crippen LogP contribution in [0.3, 0.4) is 0 Å². The molecule has 0 heterocycles. The third kappa shape index (κ3) is 2.10. The van der Waals surface area contributed by atoms with Gasteiger partial charge in [0.2, 0.25) is 0 Å². The molecule has 0 saturated carbocycles. The number of amides is 1. The Morgan fingerprint density at radius 3 is 2.29 bits per heavy atom. The second-order valence-corrected chi connectivity index (χ2v) is 3.64. The van der Waals surface area contributed by atoms with Gasteiger partial charge in [-0.1, -0.05) is 24.3 Å². The molecule has 2 aromatic carbocycles. The molecule has 1 amide bonds. The van der Waals surface area contributed by atoms with Gasteiger partial charge in [0, 0.05) is 5.69 Å². The van der Waals surface area contributed by atoms with E-state index in [1.807, 2.05) is 0 Å². The van der Waals surface area contributed by atoms with E-state index in [0.717, 1.165) is 0 Å². The molecular formula is C13H11FN2O. The lowest BCUT2D eigenvalue weighted by atomic mass is 9.98. The first kappa shape index (κ1) is 11.1. The van der Waals surface area contributed by atoms with Gasteiger partial charge < -0.3 is 11.5 Å². The van der Waals surface area contributed by atoms with Crippen molar-refractivity contribution in [1.82, 2.24) is 0 Å². The SMILES string of the molecule is NC(=O)c1c(N)cccc1-c1ccc(F)cc1. The molecule has 0 aliphatic rings. The van der Waals surface area contributed by atoms with Crippen molar-refractivity contribution in [3.8, 4) is 11.1 Å². The number of anilines is 1. The van der Waals surface area contributed by atoms with Crippen LogP contribution >= 0.6 is 0 Å². The zero-order valence-corrected chi connectivity index (χ0v) is 8.98. The molecule has 0 radical (unpaired) electrons. The van der Waals surface area contributed by atoms with Gasteiger partial charge in [0.05, 0.1) is 5.56 Å². The van der Waals surface area contributed by atoms with Crippen molar-refractivity contribution in [3.05, 3.63) is 53.8 Å². The molecule has 0 spiro atoms. The van der Waals surface area contributed by atoms with Crippen LogP contribution in [0.4, 0.5) is 10.1 Å². The fourth-order valence-corrected chi connectivity index (χ4v) is 1.72. The van der Waals surface area contributed by atoms with Crippen LogP contribution in [0.5, 0.6) is 0 Å². The summed E-state index contributed by atoms with van der Waals surface area (Å²) in [5.74, 6) is -0.930. The maximum Gasteiger partial charge on any atom is 0.251 e. The lowest BCUT2D eigenvalue weighted by molar-refractivity contribution is 0.100. The van der Waals surface area contributed by atoms with Gasteiger partial charge in [0.25, 0.3) is 5.91 Å². The molecule has 2 rings (SSSR count). The Bertz CT molecular complexity index is 564. The average molecular weight is 230 g/mol. The van der Waals surface area contributed by atoms with E-state index in [9.17, 15) is 9.18 Å². The number of carbonyl (C=O) groups is 1. The average Bonchev–Trinajstić information content (AvgIpc) is 2.29. The number of halogens is 1. The summed E-state index contributed by atoms with van der Waals surface area (Å²) in [5.41, 5.74) is 12.9. The molecule has 0 bridgehead atoms. The highest BCUT2D eigenvalue weighted by Gasteiger charge is 2.12. The van der Waals surface area contributed by atoms with Gasteiger partial charge in [-0.2, -0.15) is 0 Å². The summed E-state index contributed by atoms with van der Waals surface area (Å²) in [6, 6.07) is 10.9. The first-order chi connectivity index (χ1) is 8.09. The Morgan fingerprint density at radius 2 is 1.71 bits per heavy atom. The zero-order chi connectivity index (χ0) is 12.4. The minimum atomic E-state index is -0.595. The fraction of sp³-hybridized carbons (Fsp3) is 0. The normalized spacial score (nSPS) is 10.2. The van der Waals surface area contributed by atoms with Crippen molar-refractivity contribution in [1.29, 1.82) is 0 Å². The molecule has 4 heteroatoms. The fourth-order valence-electron chi connectivity index (χ4n) is 1.72. The molecule has 17 heavy (non-hydrogen) atoms. The third-order valence-corrected chi connectivity index (χ3v) is 2.50. The van der Waals surface area contributed by atoms with Crippen LogP contribution in [0.25, 0.3) is 11.1 Å². The van der Waals surface area contributed by atoms with Crippen molar-refractivity contribution in [3.63, 3.8) is 0 Å². The van der Waals surface area contributed by atoms with E-state index in [4.69, 9.17) is 11.5 Å². The Balaban J connectivity index is 2.63. The summed E-state index contributed by atoms with van der Waals surface area (Å²) in [6.45, 7) is 0. The van der Waals surface area contributed by atoms with E-state index in [-0.39, 0.29) is 11.4 Å². The summed E-state index contributed by atoms with van der Waals surface area (Å²) in [5, 5.41) is 0. The first-order valence-corrected chi connectivity index (χ1v) is 5.04. The van der Waals surface area contributed by atoms with Gasteiger partial charge >= 0.3 is 0 Å². The smallest absolute Gasteiger partial charge is 0.251 e. The highest BCUT2D eigenvalue weighted by Crippen LogP contribution is 2.27. The van der Waals surface area contributed by atoms with E-state index in [2.05, 4.69) is 0 Å². The predicted molar refractivity (Wildman–Crippen MR) is 64.8 cm³/mol. The summed E-state index contributed by atoms with van der Waals surface area (Å²) < 4.78 is 12.8. The van der Waals surface area contributed by atoms with Crippen LogP contribution < -0.4 is 11.5 Å². The largest absolute Gasteiger partial charge is 0.398 e. The maximum absolute atomic E-state index is 12.8. The Kier molecular flexibility index (Phi) is 2.78. The van der Waals surface area contributed by atoms with Crippen molar-refractivity contribution in [2.75, 3.05) is 5.73 Å². The Hall–Kier alpha value is -2.36. The molecule has 0 unspecified atom stereocenters. The lowest BCUT2D eigenvalue weighted by Gasteiger charge is -2.09. The lowest BCUT2D eigenvalue weighted by Crippen LogP contribution is -2.14. The highest BCUT2D eigenvalue weighted by molar-refractivity contribution is 6.04. The van der Waals surface area contributed by atoms with Gasteiger partial charge in [0.1, 0.15) is 5.82 Å². The standard InChI is InChI=1S/C13H11FN2O/c14-9-6-4-8(5-7-9)10-2-1-3-11(15)12(10)13(16)17/h1-7H,15H2,(H2,16,17). The molecule has 0 fully saturated rings. The second kappa shape index (κ2) is 4.25. The summed E-state index contributed by atoms with van der Waals surface area (Å²) in [6.07, 6.45) is 0. The van der Waals surface area contributed by atoms with Crippen LogP contribution in [0.2, 0.25) is 0 Å². The predicted octanol–water partition coefficient (Wildman–Crippen LogP) is 2.17. The molecular weight excluding hydrogens is 219 g/mol. The number of hydrogen-bond acceptors (Lipinski definition) is 2. The monoisotopic (exact) mass is 230 g/mol. The Labute approximate surface area is 97.9 Å². The van der Waals surface area contributed by atoms with Gasteiger partial charge in [-0.05, 0) is 29.3 Å². The quantitative estimate of drug-likeness (QED) is 0.776. The van der Waals surface area contributed by atoms with Crippen molar-refractivity contribution < 1.29 is 9.18 Å². The number of benzene rings is 2. The topological polar surface area (TPSA) is 69.1 Å². The number of nitrogens with two attached hydrogens (primary N) is 2. The molecule has 86 valence electrons. The molecule has 4 N–H and O–H groups in total. The molecule has 0 aliphatic carbocycles. The number of primary amides is 1.